The van der Waals surface area contributed by atoms with Crippen LogP contribution in [0, 0.1) is 12.3 Å². The second-order valence-corrected chi connectivity index (χ2v) is 11.7. The molecule has 3 aromatic rings. The zero-order valence-corrected chi connectivity index (χ0v) is 22.6. The molecule has 2 aliphatic heterocycles. The van der Waals surface area contributed by atoms with E-state index in [1.807, 2.05) is 12.4 Å². The number of nitrogens with zero attached hydrogens (tertiary/aromatic N) is 3. The molecule has 3 aliphatic rings. The molecule has 2 saturated heterocycles. The van der Waals surface area contributed by atoms with Crippen LogP contribution in [0.2, 0.25) is 0 Å². The molecule has 6 rings (SSSR count). The van der Waals surface area contributed by atoms with Crippen molar-refractivity contribution in [2.45, 2.75) is 57.5 Å². The third kappa shape index (κ3) is 4.94. The van der Waals surface area contributed by atoms with E-state index < -0.39 is 11.7 Å². The molecule has 2 fully saturated rings. The van der Waals surface area contributed by atoms with Gasteiger partial charge in [-0.3, -0.25) is 4.98 Å². The molecule has 3 nitrogen and oxygen atoms in total. The van der Waals surface area contributed by atoms with Crippen molar-refractivity contribution in [1.82, 2.24) is 9.88 Å². The number of alkyl halides is 3. The Morgan fingerprint density at radius 1 is 0.949 bits per heavy atom. The zero-order valence-electron chi connectivity index (χ0n) is 22.6. The average molecular weight is 532 g/mol. The summed E-state index contributed by atoms with van der Waals surface area (Å²) in [5.41, 5.74) is 6.51. The smallest absolute Gasteiger partial charge is 0.371 e. The fourth-order valence-corrected chi connectivity index (χ4v) is 7.20. The maximum absolute atomic E-state index is 13.9. The molecule has 0 saturated carbocycles. The lowest BCUT2D eigenvalue weighted by Crippen LogP contribution is -2.46. The Morgan fingerprint density at radius 2 is 1.64 bits per heavy atom. The monoisotopic (exact) mass is 531 g/mol. The molecule has 0 N–H and O–H groups in total. The number of aromatic nitrogens is 1. The van der Waals surface area contributed by atoms with Crippen molar-refractivity contribution in [2.24, 2.45) is 5.41 Å². The molecule has 2 aromatic carbocycles. The summed E-state index contributed by atoms with van der Waals surface area (Å²) >= 11 is 0. The first kappa shape index (κ1) is 26.0. The van der Waals surface area contributed by atoms with Gasteiger partial charge in [0, 0.05) is 55.9 Å². The number of aryl methyl sites for hydroxylation is 2. The van der Waals surface area contributed by atoms with Gasteiger partial charge in [0.05, 0.1) is 5.56 Å². The molecule has 1 unspecified atom stereocenters. The Labute approximate surface area is 229 Å². The number of likely N-dealkylation sites (tertiary alicyclic amines) is 1. The fraction of sp³-hybridized carbons (Fsp3) is 0.424. The van der Waals surface area contributed by atoms with Crippen molar-refractivity contribution < 1.29 is 13.2 Å². The maximum Gasteiger partial charge on any atom is 0.416 e. The van der Waals surface area contributed by atoms with Crippen molar-refractivity contribution in [3.05, 3.63) is 101 Å². The number of anilines is 1. The Kier molecular flexibility index (Phi) is 6.68. The van der Waals surface area contributed by atoms with Gasteiger partial charge in [0.15, 0.2) is 0 Å². The molecular formula is C33H36F3N3. The standard InChI is InChI=1S/C33H36F3N3/c1-23-4-3-5-30(33(34,35)36)31(23)28-9-8-25-6-7-26(22-29(25)28)24(2)38-18-12-32(13-19-38)14-20-39(21-15-32)27-10-16-37-17-11-27/h3-7,10-11,16-17,22,28H,2,8-9,12-15,18-21H2,1H3. The number of halogens is 3. The molecule has 1 atom stereocenters. The van der Waals surface area contributed by atoms with Crippen molar-refractivity contribution in [2.75, 3.05) is 31.1 Å². The number of hydrogen-bond acceptors (Lipinski definition) is 3. The predicted molar refractivity (Wildman–Crippen MR) is 151 cm³/mol. The SMILES string of the molecule is C=C(c1ccc2c(c1)C(c1c(C)cccc1C(F)(F)F)CC2)N1CCC2(CC1)CCN(c1ccncc1)CC2. The topological polar surface area (TPSA) is 19.4 Å². The summed E-state index contributed by atoms with van der Waals surface area (Å²) in [5.74, 6) is -0.235. The van der Waals surface area contributed by atoms with E-state index in [-0.39, 0.29) is 5.92 Å². The zero-order chi connectivity index (χ0) is 27.2. The normalized spacial score (nSPS) is 20.8. The van der Waals surface area contributed by atoms with Crippen molar-refractivity contribution in [3.8, 4) is 0 Å². The summed E-state index contributed by atoms with van der Waals surface area (Å²) in [6.07, 6.45) is 5.60. The van der Waals surface area contributed by atoms with Gasteiger partial charge < -0.3 is 9.80 Å². The lowest BCUT2D eigenvalue weighted by Gasteiger charge is -2.48. The van der Waals surface area contributed by atoms with E-state index in [2.05, 4.69) is 51.7 Å². The quantitative estimate of drug-likeness (QED) is 0.342. The summed E-state index contributed by atoms with van der Waals surface area (Å²) < 4.78 is 41.8. The fourth-order valence-electron chi connectivity index (χ4n) is 7.20. The molecule has 6 heteroatoms. The molecule has 0 radical (unpaired) electrons. The lowest BCUT2D eigenvalue weighted by molar-refractivity contribution is -0.138. The van der Waals surface area contributed by atoms with Gasteiger partial charge in [-0.15, -0.1) is 0 Å². The third-order valence-corrected chi connectivity index (χ3v) is 9.59. The van der Waals surface area contributed by atoms with Crippen LogP contribution in [0.1, 0.15) is 71.4 Å². The van der Waals surface area contributed by atoms with Gasteiger partial charge in [0.1, 0.15) is 0 Å². The highest BCUT2D eigenvalue weighted by Gasteiger charge is 2.39. The Bertz CT molecular complexity index is 1350. The maximum atomic E-state index is 13.9. The van der Waals surface area contributed by atoms with E-state index >= 15 is 0 Å². The minimum atomic E-state index is -4.36. The summed E-state index contributed by atoms with van der Waals surface area (Å²) in [6, 6.07) is 15.1. The van der Waals surface area contributed by atoms with E-state index in [1.54, 1.807) is 13.0 Å². The van der Waals surface area contributed by atoms with Crippen LogP contribution in [0.25, 0.3) is 5.70 Å². The average Bonchev–Trinajstić information content (AvgIpc) is 3.36. The minimum Gasteiger partial charge on any atom is -0.371 e. The van der Waals surface area contributed by atoms with E-state index in [9.17, 15) is 13.2 Å². The third-order valence-electron chi connectivity index (χ3n) is 9.59. The van der Waals surface area contributed by atoms with Gasteiger partial charge in [0.2, 0.25) is 0 Å². The first-order valence-corrected chi connectivity index (χ1v) is 14.1. The molecule has 39 heavy (non-hydrogen) atoms. The second kappa shape index (κ2) is 10.0. The van der Waals surface area contributed by atoms with Crippen molar-refractivity contribution >= 4 is 11.4 Å². The summed E-state index contributed by atoms with van der Waals surface area (Å²) in [6.45, 7) is 10.4. The van der Waals surface area contributed by atoms with Gasteiger partial charge in [-0.05, 0) is 103 Å². The van der Waals surface area contributed by atoms with Crippen LogP contribution >= 0.6 is 0 Å². The first-order chi connectivity index (χ1) is 18.7. The Balaban J connectivity index is 1.16. The molecule has 0 bridgehead atoms. The van der Waals surface area contributed by atoms with Crippen molar-refractivity contribution in [3.63, 3.8) is 0 Å². The number of piperidine rings is 2. The lowest BCUT2D eigenvalue weighted by atomic mass is 9.71. The van der Waals surface area contributed by atoms with Gasteiger partial charge in [0.25, 0.3) is 0 Å². The molecule has 1 spiro atoms. The van der Waals surface area contributed by atoms with Gasteiger partial charge >= 0.3 is 6.18 Å². The number of rotatable bonds is 4. The van der Waals surface area contributed by atoms with E-state index in [1.165, 1.54) is 30.7 Å². The van der Waals surface area contributed by atoms with Crippen molar-refractivity contribution in [1.29, 1.82) is 0 Å². The van der Waals surface area contributed by atoms with Crippen LogP contribution < -0.4 is 4.90 Å². The van der Waals surface area contributed by atoms with Gasteiger partial charge in [-0.25, -0.2) is 0 Å². The van der Waals surface area contributed by atoms with Crippen LogP contribution in [-0.4, -0.2) is 36.1 Å². The number of benzene rings is 2. The molecule has 204 valence electrons. The number of pyridine rings is 1. The highest BCUT2D eigenvalue weighted by molar-refractivity contribution is 5.65. The van der Waals surface area contributed by atoms with Gasteiger partial charge in [-0.2, -0.15) is 13.2 Å². The number of fused-ring (bicyclic) bond motifs is 1. The van der Waals surface area contributed by atoms with Crippen LogP contribution in [0.3, 0.4) is 0 Å². The Hall–Kier alpha value is -3.28. The Morgan fingerprint density at radius 3 is 2.33 bits per heavy atom. The van der Waals surface area contributed by atoms with E-state index in [0.29, 0.717) is 23.0 Å². The van der Waals surface area contributed by atoms with E-state index in [0.717, 1.165) is 67.8 Å². The van der Waals surface area contributed by atoms with Crippen LogP contribution in [0.15, 0.2) is 67.5 Å². The predicted octanol–water partition coefficient (Wildman–Crippen LogP) is 7.84. The van der Waals surface area contributed by atoms with Crippen LogP contribution in [-0.2, 0) is 12.6 Å². The highest BCUT2D eigenvalue weighted by Crippen LogP contribution is 2.47. The highest BCUT2D eigenvalue weighted by atomic mass is 19.4. The minimum absolute atomic E-state index is 0.235. The largest absolute Gasteiger partial charge is 0.416 e. The molecule has 3 heterocycles. The van der Waals surface area contributed by atoms with E-state index in [4.69, 9.17) is 0 Å². The summed E-state index contributed by atoms with van der Waals surface area (Å²) in [4.78, 5) is 9.00. The summed E-state index contributed by atoms with van der Waals surface area (Å²) in [5, 5.41) is 0. The first-order valence-electron chi connectivity index (χ1n) is 14.1. The second-order valence-electron chi connectivity index (χ2n) is 11.7. The molecule has 0 amide bonds. The van der Waals surface area contributed by atoms with Crippen LogP contribution in [0.4, 0.5) is 18.9 Å². The molecular weight excluding hydrogens is 495 g/mol. The molecule has 1 aromatic heterocycles. The molecule has 1 aliphatic carbocycles. The van der Waals surface area contributed by atoms with Gasteiger partial charge in [-0.1, -0.05) is 30.8 Å². The van der Waals surface area contributed by atoms with Crippen LogP contribution in [0.5, 0.6) is 0 Å². The number of hydrogen-bond donors (Lipinski definition) is 0. The summed E-state index contributed by atoms with van der Waals surface area (Å²) in [7, 11) is 0.